The summed E-state index contributed by atoms with van der Waals surface area (Å²) in [5.41, 5.74) is 6.15. The van der Waals surface area contributed by atoms with Crippen LogP contribution in [0, 0.1) is 5.82 Å². The molecule has 1 aromatic carbocycles. The molecule has 0 saturated heterocycles. The van der Waals surface area contributed by atoms with Gasteiger partial charge in [0.2, 0.25) is 0 Å². The van der Waals surface area contributed by atoms with E-state index in [0.29, 0.717) is 21.9 Å². The van der Waals surface area contributed by atoms with Gasteiger partial charge in [0, 0.05) is 4.88 Å². The Labute approximate surface area is 150 Å². The predicted octanol–water partition coefficient (Wildman–Crippen LogP) is 3.04. The number of amides is 2. The molecular formula is C16H13FN4O2S2. The number of nitrogens with zero attached hydrogens (tertiary/aromatic N) is 2. The zero-order valence-electron chi connectivity index (χ0n) is 13.1. The second-order valence-corrected chi connectivity index (χ2v) is 6.82. The Balaban J connectivity index is 1.64. The first-order valence-electron chi connectivity index (χ1n) is 7.36. The molecule has 0 spiro atoms. The van der Waals surface area contributed by atoms with E-state index in [4.69, 9.17) is 0 Å². The van der Waals surface area contributed by atoms with E-state index in [1.807, 2.05) is 6.92 Å². The second kappa shape index (κ2) is 7.49. The fraction of sp³-hybridized carbons (Fsp3) is 0.125. The van der Waals surface area contributed by atoms with E-state index in [0.717, 1.165) is 22.0 Å². The van der Waals surface area contributed by atoms with Crippen molar-refractivity contribution in [3.05, 3.63) is 57.7 Å². The number of carbonyl (C=O) groups is 2. The van der Waals surface area contributed by atoms with Gasteiger partial charge >= 0.3 is 0 Å². The summed E-state index contributed by atoms with van der Waals surface area (Å²) in [5.74, 6) is -1.19. The molecular weight excluding hydrogens is 363 g/mol. The number of hydrogen-bond donors (Lipinski definition) is 2. The number of hydrazine groups is 1. The third-order valence-corrected chi connectivity index (χ3v) is 5.24. The number of aromatic nitrogens is 2. The van der Waals surface area contributed by atoms with E-state index in [2.05, 4.69) is 20.4 Å². The number of rotatable bonds is 4. The molecule has 0 radical (unpaired) electrons. The van der Waals surface area contributed by atoms with Gasteiger partial charge in [0.25, 0.3) is 11.8 Å². The lowest BCUT2D eigenvalue weighted by Gasteiger charge is -2.05. The number of hydrogen-bond acceptors (Lipinski definition) is 6. The second-order valence-electron chi connectivity index (χ2n) is 4.98. The Bertz CT molecular complexity index is 905. The van der Waals surface area contributed by atoms with Gasteiger partial charge < -0.3 is 0 Å². The fourth-order valence-corrected chi connectivity index (χ4v) is 3.63. The molecule has 128 valence electrons. The van der Waals surface area contributed by atoms with Crippen LogP contribution in [0.15, 0.2) is 36.4 Å². The van der Waals surface area contributed by atoms with Gasteiger partial charge in [0.05, 0.1) is 10.6 Å². The highest BCUT2D eigenvalue weighted by molar-refractivity contribution is 7.17. The standard InChI is InChI=1S/C16H13FN4O2S2/c1-2-11-14(25-21-18-11)16(23)20-19-15(22)13-8-7-12(24-13)9-3-5-10(17)6-4-9/h3-8H,2H2,1H3,(H,19,22)(H,20,23). The van der Waals surface area contributed by atoms with E-state index in [9.17, 15) is 14.0 Å². The summed E-state index contributed by atoms with van der Waals surface area (Å²) in [7, 11) is 0. The third-order valence-electron chi connectivity index (χ3n) is 3.34. The number of aryl methyl sites for hydroxylation is 1. The van der Waals surface area contributed by atoms with Crippen LogP contribution in [0.3, 0.4) is 0 Å². The molecule has 0 aliphatic rings. The molecule has 3 rings (SSSR count). The number of nitrogens with one attached hydrogen (secondary N) is 2. The van der Waals surface area contributed by atoms with Crippen LogP contribution < -0.4 is 10.9 Å². The average Bonchev–Trinajstić information content (AvgIpc) is 3.29. The molecule has 9 heteroatoms. The number of halogens is 1. The average molecular weight is 376 g/mol. The summed E-state index contributed by atoms with van der Waals surface area (Å²) >= 11 is 2.23. The Hall–Kier alpha value is -2.65. The zero-order valence-corrected chi connectivity index (χ0v) is 14.7. The van der Waals surface area contributed by atoms with Gasteiger partial charge in [-0.3, -0.25) is 20.4 Å². The van der Waals surface area contributed by atoms with Crippen molar-refractivity contribution < 1.29 is 14.0 Å². The molecule has 0 bridgehead atoms. The van der Waals surface area contributed by atoms with Gasteiger partial charge in [0.1, 0.15) is 10.7 Å². The minimum absolute atomic E-state index is 0.315. The minimum atomic E-state index is -0.449. The van der Waals surface area contributed by atoms with Crippen LogP contribution in [0.2, 0.25) is 0 Å². The van der Waals surface area contributed by atoms with Crippen molar-refractivity contribution in [2.24, 2.45) is 0 Å². The van der Waals surface area contributed by atoms with E-state index in [1.165, 1.54) is 23.5 Å². The number of benzene rings is 1. The summed E-state index contributed by atoms with van der Waals surface area (Å²) in [6.07, 6.45) is 0.582. The Morgan fingerprint density at radius 2 is 1.80 bits per heavy atom. The van der Waals surface area contributed by atoms with Crippen molar-refractivity contribution in [2.45, 2.75) is 13.3 Å². The first-order valence-corrected chi connectivity index (χ1v) is 8.95. The molecule has 6 nitrogen and oxygen atoms in total. The Kier molecular flexibility index (Phi) is 5.15. The van der Waals surface area contributed by atoms with Crippen molar-refractivity contribution in [3.63, 3.8) is 0 Å². The maximum atomic E-state index is 13.0. The lowest BCUT2D eigenvalue weighted by molar-refractivity contribution is 0.0850. The van der Waals surface area contributed by atoms with E-state index < -0.39 is 11.8 Å². The molecule has 2 N–H and O–H groups in total. The van der Waals surface area contributed by atoms with Crippen LogP contribution in [-0.2, 0) is 6.42 Å². The van der Waals surface area contributed by atoms with Crippen LogP contribution in [0.1, 0.15) is 32.0 Å². The van der Waals surface area contributed by atoms with Crippen molar-refractivity contribution in [3.8, 4) is 10.4 Å². The largest absolute Gasteiger partial charge is 0.283 e. The first-order chi connectivity index (χ1) is 12.1. The van der Waals surface area contributed by atoms with Crippen molar-refractivity contribution in [2.75, 3.05) is 0 Å². The summed E-state index contributed by atoms with van der Waals surface area (Å²) < 4.78 is 16.7. The molecule has 3 aromatic rings. The highest BCUT2D eigenvalue weighted by atomic mass is 32.1. The van der Waals surface area contributed by atoms with Gasteiger partial charge in [-0.1, -0.05) is 23.5 Å². The maximum absolute atomic E-state index is 13.0. The van der Waals surface area contributed by atoms with E-state index >= 15 is 0 Å². The fourth-order valence-electron chi connectivity index (χ4n) is 2.07. The minimum Gasteiger partial charge on any atom is -0.266 e. The highest BCUT2D eigenvalue weighted by Gasteiger charge is 2.16. The molecule has 0 aliphatic heterocycles. The Morgan fingerprint density at radius 1 is 1.08 bits per heavy atom. The first kappa shape index (κ1) is 17.2. The normalized spacial score (nSPS) is 10.5. The SMILES string of the molecule is CCc1nnsc1C(=O)NNC(=O)c1ccc(-c2ccc(F)cc2)s1. The van der Waals surface area contributed by atoms with E-state index in [-0.39, 0.29) is 5.82 Å². The highest BCUT2D eigenvalue weighted by Crippen LogP contribution is 2.28. The van der Waals surface area contributed by atoms with Crippen LogP contribution >= 0.6 is 22.9 Å². The molecule has 25 heavy (non-hydrogen) atoms. The molecule has 0 fully saturated rings. The van der Waals surface area contributed by atoms with Gasteiger partial charge in [0.15, 0.2) is 0 Å². The molecule has 2 heterocycles. The van der Waals surface area contributed by atoms with Gasteiger partial charge in [-0.25, -0.2) is 4.39 Å². The van der Waals surface area contributed by atoms with Gasteiger partial charge in [-0.05, 0) is 47.8 Å². The monoisotopic (exact) mass is 376 g/mol. The topological polar surface area (TPSA) is 84.0 Å². The van der Waals surface area contributed by atoms with Gasteiger partial charge in [-0.2, -0.15) is 0 Å². The van der Waals surface area contributed by atoms with E-state index in [1.54, 1.807) is 24.3 Å². The van der Waals surface area contributed by atoms with Crippen LogP contribution in [0.4, 0.5) is 4.39 Å². The quantitative estimate of drug-likeness (QED) is 0.686. The molecule has 0 atom stereocenters. The predicted molar refractivity (Wildman–Crippen MR) is 93.9 cm³/mol. The van der Waals surface area contributed by atoms with Crippen molar-refractivity contribution in [1.29, 1.82) is 0 Å². The maximum Gasteiger partial charge on any atom is 0.283 e. The Morgan fingerprint density at radius 3 is 2.52 bits per heavy atom. The van der Waals surface area contributed by atoms with Crippen LogP contribution in [0.5, 0.6) is 0 Å². The smallest absolute Gasteiger partial charge is 0.266 e. The van der Waals surface area contributed by atoms with Crippen molar-refractivity contribution >= 4 is 34.7 Å². The summed E-state index contributed by atoms with van der Waals surface area (Å²) in [5, 5.41) is 3.85. The summed E-state index contributed by atoms with van der Waals surface area (Å²) in [6, 6.07) is 9.45. The van der Waals surface area contributed by atoms with Crippen molar-refractivity contribution in [1.82, 2.24) is 20.4 Å². The number of thiophene rings is 1. The number of carbonyl (C=O) groups excluding carboxylic acids is 2. The lowest BCUT2D eigenvalue weighted by Crippen LogP contribution is -2.41. The lowest BCUT2D eigenvalue weighted by atomic mass is 10.2. The molecule has 0 unspecified atom stereocenters. The third kappa shape index (κ3) is 3.89. The zero-order chi connectivity index (χ0) is 17.8. The molecule has 2 amide bonds. The molecule has 0 aliphatic carbocycles. The van der Waals surface area contributed by atoms with Gasteiger partial charge in [-0.15, -0.1) is 16.4 Å². The summed E-state index contributed by atoms with van der Waals surface area (Å²) in [6.45, 7) is 1.87. The molecule has 0 saturated carbocycles. The van der Waals surface area contributed by atoms with Crippen LogP contribution in [-0.4, -0.2) is 21.4 Å². The van der Waals surface area contributed by atoms with Crippen LogP contribution in [0.25, 0.3) is 10.4 Å². The molecule has 2 aromatic heterocycles. The summed E-state index contributed by atoms with van der Waals surface area (Å²) in [4.78, 5) is 25.9.